The van der Waals surface area contributed by atoms with Gasteiger partial charge < -0.3 is 25.6 Å². The standard InChI is InChI=1S/C20H25N3O4/c1-19(2)8-12(9-20(3,4)23-19)22-16-13-7-11(17(24)25)5-6-15(13)21-10-14(16)18(26)27/h5-7,10,12,23H,8-9H2,1-4H3,(H,21,22)(H,24,25)(H,26,27). The molecule has 0 amide bonds. The molecule has 7 heteroatoms. The Bertz CT molecular complexity index is 900. The second kappa shape index (κ2) is 6.49. The molecule has 2 heterocycles. The Morgan fingerprint density at radius 2 is 1.85 bits per heavy atom. The summed E-state index contributed by atoms with van der Waals surface area (Å²) in [5, 5.41) is 27.1. The second-order valence-electron chi connectivity index (χ2n) is 8.74. The van der Waals surface area contributed by atoms with Gasteiger partial charge in [0, 0.05) is 30.5 Å². The number of nitrogens with zero attached hydrogens (tertiary/aromatic N) is 1. The van der Waals surface area contributed by atoms with Gasteiger partial charge in [-0.15, -0.1) is 0 Å². The molecule has 1 aliphatic heterocycles. The Morgan fingerprint density at radius 3 is 2.41 bits per heavy atom. The zero-order valence-electron chi connectivity index (χ0n) is 16.0. The van der Waals surface area contributed by atoms with Gasteiger partial charge in [0.25, 0.3) is 0 Å². The van der Waals surface area contributed by atoms with Gasteiger partial charge in [-0.25, -0.2) is 4.79 Å². The quantitative estimate of drug-likeness (QED) is 0.737. The molecule has 27 heavy (non-hydrogen) atoms. The number of nitrogens with two attached hydrogens (primary N) is 1. The zero-order valence-corrected chi connectivity index (χ0v) is 16.0. The van der Waals surface area contributed by atoms with E-state index < -0.39 is 11.9 Å². The van der Waals surface area contributed by atoms with Crippen LogP contribution in [0, 0.1) is 0 Å². The van der Waals surface area contributed by atoms with Crippen LogP contribution in [0.15, 0.2) is 24.4 Å². The van der Waals surface area contributed by atoms with Crippen molar-refractivity contribution in [2.75, 3.05) is 5.32 Å². The highest BCUT2D eigenvalue weighted by Gasteiger charge is 2.42. The molecule has 1 saturated heterocycles. The van der Waals surface area contributed by atoms with E-state index in [1.54, 1.807) is 6.07 Å². The first-order valence-electron chi connectivity index (χ1n) is 8.98. The average molecular weight is 371 g/mol. The summed E-state index contributed by atoms with van der Waals surface area (Å²) in [6.07, 6.45) is 3.01. The van der Waals surface area contributed by atoms with E-state index in [2.05, 4.69) is 43.3 Å². The van der Waals surface area contributed by atoms with Gasteiger partial charge >= 0.3 is 5.97 Å². The Balaban J connectivity index is 2.10. The fourth-order valence-corrected chi connectivity index (χ4v) is 4.46. The number of rotatable bonds is 4. The van der Waals surface area contributed by atoms with Gasteiger partial charge in [-0.2, -0.15) is 0 Å². The summed E-state index contributed by atoms with van der Waals surface area (Å²) in [5.41, 5.74) is 0.974. The predicted octanol–water partition coefficient (Wildman–Crippen LogP) is 0.991. The maximum atomic E-state index is 11.8. The summed E-state index contributed by atoms with van der Waals surface area (Å²) in [4.78, 5) is 27.2. The number of carbonyl (C=O) groups is 2. The van der Waals surface area contributed by atoms with Crippen molar-refractivity contribution in [3.8, 4) is 0 Å². The molecule has 0 unspecified atom stereocenters. The molecule has 0 saturated carbocycles. The van der Waals surface area contributed by atoms with E-state index in [-0.39, 0.29) is 28.2 Å². The van der Waals surface area contributed by atoms with Crippen LogP contribution in [0.1, 0.15) is 61.3 Å². The minimum absolute atomic E-state index is 0.00177. The van der Waals surface area contributed by atoms with Crippen molar-refractivity contribution in [1.82, 2.24) is 4.98 Å². The summed E-state index contributed by atoms with van der Waals surface area (Å²) in [6, 6.07) is 4.46. The summed E-state index contributed by atoms with van der Waals surface area (Å²) < 4.78 is 0. The van der Waals surface area contributed by atoms with E-state index in [4.69, 9.17) is 0 Å². The van der Waals surface area contributed by atoms with Crippen molar-refractivity contribution >= 4 is 28.5 Å². The van der Waals surface area contributed by atoms with Crippen molar-refractivity contribution in [2.45, 2.75) is 57.7 Å². The van der Waals surface area contributed by atoms with Crippen LogP contribution in [-0.2, 0) is 0 Å². The molecular weight excluding hydrogens is 346 g/mol. The van der Waals surface area contributed by atoms with Crippen molar-refractivity contribution < 1.29 is 25.1 Å². The lowest BCUT2D eigenvalue weighted by Crippen LogP contribution is -3.06. The number of anilines is 1. The molecule has 0 spiro atoms. The second-order valence-corrected chi connectivity index (χ2v) is 8.74. The minimum atomic E-state index is -1.31. The van der Waals surface area contributed by atoms with Crippen LogP contribution in [-0.4, -0.2) is 39.1 Å². The summed E-state index contributed by atoms with van der Waals surface area (Å²) in [6.45, 7) is 8.66. The number of hydrogen-bond acceptors (Lipinski definition) is 5. The summed E-state index contributed by atoms with van der Waals surface area (Å²) in [5.74, 6) is -2.41. The van der Waals surface area contributed by atoms with Crippen LogP contribution in [0.5, 0.6) is 0 Å². The van der Waals surface area contributed by atoms with Gasteiger partial charge in [0.2, 0.25) is 0 Å². The van der Waals surface area contributed by atoms with E-state index in [1.165, 1.54) is 18.3 Å². The monoisotopic (exact) mass is 371 g/mol. The fraction of sp³-hybridized carbons (Fsp3) is 0.450. The first kappa shape index (κ1) is 19.1. The van der Waals surface area contributed by atoms with Gasteiger partial charge in [-0.3, -0.25) is 4.98 Å². The molecule has 2 aromatic rings. The van der Waals surface area contributed by atoms with Crippen LogP contribution >= 0.6 is 0 Å². The van der Waals surface area contributed by atoms with Crippen LogP contribution < -0.4 is 15.7 Å². The summed E-state index contributed by atoms with van der Waals surface area (Å²) >= 11 is 0. The number of pyridine rings is 1. The van der Waals surface area contributed by atoms with Crippen molar-refractivity contribution in [3.05, 3.63) is 35.5 Å². The van der Waals surface area contributed by atoms with E-state index in [0.717, 1.165) is 12.8 Å². The molecule has 0 radical (unpaired) electrons. The summed E-state index contributed by atoms with van der Waals surface area (Å²) in [7, 11) is 0. The molecule has 1 aromatic heterocycles. The van der Waals surface area contributed by atoms with Gasteiger partial charge in [-0.05, 0) is 45.4 Å². The van der Waals surface area contributed by atoms with Gasteiger partial charge in [0.1, 0.15) is 5.56 Å². The largest absolute Gasteiger partial charge is 0.545 e. The highest BCUT2D eigenvalue weighted by molar-refractivity contribution is 6.06. The highest BCUT2D eigenvalue weighted by Crippen LogP contribution is 2.31. The lowest BCUT2D eigenvalue weighted by Gasteiger charge is -2.43. The average Bonchev–Trinajstić information content (AvgIpc) is 2.51. The Labute approximate surface area is 157 Å². The zero-order chi connectivity index (χ0) is 20.0. The lowest BCUT2D eigenvalue weighted by atomic mass is 9.79. The van der Waals surface area contributed by atoms with E-state index in [1.807, 2.05) is 0 Å². The number of aromatic carboxylic acids is 2. The fourth-order valence-electron chi connectivity index (χ4n) is 4.46. The first-order chi connectivity index (χ1) is 12.5. The Morgan fingerprint density at radius 1 is 1.22 bits per heavy atom. The van der Waals surface area contributed by atoms with Gasteiger partial charge in [0.05, 0.1) is 28.3 Å². The molecule has 144 valence electrons. The maximum Gasteiger partial charge on any atom is 0.339 e. The number of hydrogen-bond donors (Lipinski definition) is 3. The molecule has 0 atom stereocenters. The third-order valence-corrected chi connectivity index (χ3v) is 5.01. The number of carboxylic acids is 2. The molecule has 1 aliphatic rings. The normalized spacial score (nSPS) is 19.0. The predicted molar refractivity (Wildman–Crippen MR) is 99.8 cm³/mol. The number of carboxylic acid groups (broad SMARTS) is 2. The third-order valence-electron chi connectivity index (χ3n) is 5.01. The number of piperidine rings is 1. The Hall–Kier alpha value is -2.67. The molecule has 4 N–H and O–H groups in total. The van der Waals surface area contributed by atoms with Gasteiger partial charge in [-0.1, -0.05) is 6.07 Å². The molecule has 1 fully saturated rings. The van der Waals surface area contributed by atoms with Crippen LogP contribution in [0.2, 0.25) is 0 Å². The van der Waals surface area contributed by atoms with Crippen LogP contribution in [0.25, 0.3) is 10.9 Å². The van der Waals surface area contributed by atoms with E-state index in [0.29, 0.717) is 16.6 Å². The van der Waals surface area contributed by atoms with Crippen molar-refractivity contribution in [2.24, 2.45) is 0 Å². The number of nitrogens with one attached hydrogen (secondary N) is 1. The SMILES string of the molecule is CC1(C)CC(Nc2c(C(=O)O)cnc3ccc(C(=O)[O-])cc23)CC(C)(C)[NH2+]1. The highest BCUT2D eigenvalue weighted by atomic mass is 16.4. The van der Waals surface area contributed by atoms with Crippen LogP contribution in [0.3, 0.4) is 0 Å². The Kier molecular flexibility index (Phi) is 4.59. The van der Waals surface area contributed by atoms with E-state index >= 15 is 0 Å². The molecule has 7 nitrogen and oxygen atoms in total. The molecular formula is C20H25N3O4. The minimum Gasteiger partial charge on any atom is -0.545 e. The number of quaternary nitrogens is 1. The van der Waals surface area contributed by atoms with Gasteiger partial charge in [0.15, 0.2) is 0 Å². The number of aromatic nitrogens is 1. The van der Waals surface area contributed by atoms with Crippen molar-refractivity contribution in [3.63, 3.8) is 0 Å². The van der Waals surface area contributed by atoms with Crippen LogP contribution in [0.4, 0.5) is 5.69 Å². The van der Waals surface area contributed by atoms with Crippen molar-refractivity contribution in [1.29, 1.82) is 0 Å². The number of carbonyl (C=O) groups excluding carboxylic acids is 1. The molecule has 1 aromatic carbocycles. The smallest absolute Gasteiger partial charge is 0.339 e. The third kappa shape index (κ3) is 4.03. The topological polar surface area (TPSA) is 119 Å². The molecule has 0 bridgehead atoms. The molecule has 3 rings (SSSR count). The maximum absolute atomic E-state index is 11.8. The number of benzene rings is 1. The number of fused-ring (bicyclic) bond motifs is 1. The first-order valence-corrected chi connectivity index (χ1v) is 8.98. The molecule has 0 aliphatic carbocycles. The lowest BCUT2D eigenvalue weighted by molar-refractivity contribution is -0.787. The van der Waals surface area contributed by atoms with E-state index in [9.17, 15) is 19.8 Å².